The Kier molecular flexibility index (Phi) is 5.94. The lowest BCUT2D eigenvalue weighted by molar-refractivity contribution is -0.0650. The lowest BCUT2D eigenvalue weighted by Crippen LogP contribution is -2.50. The van der Waals surface area contributed by atoms with Gasteiger partial charge in [0.15, 0.2) is 5.78 Å². The number of β-amino-alcohol motifs (C(OH)–C–C–N with tert-alkyl or cyclic N) is 1. The Morgan fingerprint density at radius 1 is 1.50 bits per heavy atom. The van der Waals surface area contributed by atoms with Gasteiger partial charge in [-0.2, -0.15) is 0 Å². The number of ether oxygens (including phenoxy) is 2. The van der Waals surface area contributed by atoms with E-state index >= 15 is 0 Å². The van der Waals surface area contributed by atoms with Crippen LogP contribution in [-0.4, -0.2) is 60.3 Å². The van der Waals surface area contributed by atoms with Crippen LogP contribution >= 0.6 is 0 Å². The van der Waals surface area contributed by atoms with Gasteiger partial charge < -0.3 is 14.6 Å². The third kappa shape index (κ3) is 4.80. The van der Waals surface area contributed by atoms with E-state index in [4.69, 9.17) is 9.47 Å². The zero-order valence-electron chi connectivity index (χ0n) is 13.5. The SMILES string of the molecule is CC(=O)c1cccc(OCC(O)CN2CC(C)OCC2C)c1. The summed E-state index contributed by atoms with van der Waals surface area (Å²) >= 11 is 0. The van der Waals surface area contributed by atoms with Gasteiger partial charge >= 0.3 is 0 Å². The fourth-order valence-corrected chi connectivity index (χ4v) is 2.55. The molecule has 1 aliphatic heterocycles. The predicted molar refractivity (Wildman–Crippen MR) is 84.4 cm³/mol. The Hall–Kier alpha value is -1.43. The van der Waals surface area contributed by atoms with E-state index in [1.807, 2.05) is 6.92 Å². The summed E-state index contributed by atoms with van der Waals surface area (Å²) in [5.41, 5.74) is 0.614. The fraction of sp³-hybridized carbons (Fsp3) is 0.588. The largest absolute Gasteiger partial charge is 0.491 e. The molecule has 1 saturated heterocycles. The Bertz CT molecular complexity index is 505. The van der Waals surface area contributed by atoms with Gasteiger partial charge in [0.1, 0.15) is 18.5 Å². The quantitative estimate of drug-likeness (QED) is 0.811. The highest BCUT2D eigenvalue weighted by atomic mass is 16.5. The standard InChI is InChI=1S/C17H25NO4/c1-12-10-21-13(2)8-18(12)9-16(20)11-22-17-6-4-5-15(7-17)14(3)19/h4-7,12-13,16,20H,8-11H2,1-3H3. The number of hydrogen-bond acceptors (Lipinski definition) is 5. The van der Waals surface area contributed by atoms with Crippen LogP contribution in [0.2, 0.25) is 0 Å². The van der Waals surface area contributed by atoms with E-state index in [-0.39, 0.29) is 18.5 Å². The molecule has 0 bridgehead atoms. The minimum Gasteiger partial charge on any atom is -0.491 e. The first-order valence-corrected chi connectivity index (χ1v) is 7.73. The molecule has 22 heavy (non-hydrogen) atoms. The Morgan fingerprint density at radius 3 is 3.00 bits per heavy atom. The maximum Gasteiger partial charge on any atom is 0.159 e. The maximum absolute atomic E-state index is 11.3. The summed E-state index contributed by atoms with van der Waals surface area (Å²) in [5, 5.41) is 10.2. The van der Waals surface area contributed by atoms with Crippen molar-refractivity contribution in [3.63, 3.8) is 0 Å². The average molecular weight is 307 g/mol. The zero-order chi connectivity index (χ0) is 16.1. The Labute approximate surface area is 131 Å². The van der Waals surface area contributed by atoms with E-state index in [1.165, 1.54) is 6.92 Å². The highest BCUT2D eigenvalue weighted by molar-refractivity contribution is 5.94. The van der Waals surface area contributed by atoms with Gasteiger partial charge in [0, 0.05) is 24.7 Å². The first kappa shape index (κ1) is 16.9. The summed E-state index contributed by atoms with van der Waals surface area (Å²) in [6, 6.07) is 7.33. The highest BCUT2D eigenvalue weighted by Gasteiger charge is 2.25. The first-order chi connectivity index (χ1) is 10.5. The molecule has 5 nitrogen and oxygen atoms in total. The summed E-state index contributed by atoms with van der Waals surface area (Å²) in [6.07, 6.45) is -0.384. The number of carbonyl (C=O) groups excluding carboxylic acids is 1. The van der Waals surface area contributed by atoms with Crippen LogP contribution in [0.3, 0.4) is 0 Å². The van der Waals surface area contributed by atoms with Crippen LogP contribution in [0, 0.1) is 0 Å². The smallest absolute Gasteiger partial charge is 0.159 e. The van der Waals surface area contributed by atoms with Crippen LogP contribution in [0.4, 0.5) is 0 Å². The summed E-state index contributed by atoms with van der Waals surface area (Å²) in [6.45, 7) is 7.92. The minimum absolute atomic E-state index is 0.00197. The summed E-state index contributed by atoms with van der Waals surface area (Å²) in [7, 11) is 0. The molecule has 1 fully saturated rings. The molecule has 1 aliphatic rings. The van der Waals surface area contributed by atoms with Crippen LogP contribution < -0.4 is 4.74 Å². The van der Waals surface area contributed by atoms with Gasteiger partial charge in [-0.3, -0.25) is 9.69 Å². The number of Topliss-reactive ketones (excluding diaryl/α,β-unsaturated/α-hetero) is 1. The molecule has 1 N–H and O–H groups in total. The molecule has 2 rings (SSSR count). The molecule has 0 saturated carbocycles. The number of carbonyl (C=O) groups is 1. The third-order valence-electron chi connectivity index (χ3n) is 3.87. The van der Waals surface area contributed by atoms with Gasteiger partial charge in [-0.15, -0.1) is 0 Å². The van der Waals surface area contributed by atoms with Gasteiger partial charge in [0.05, 0.1) is 12.7 Å². The molecule has 0 amide bonds. The number of rotatable bonds is 6. The van der Waals surface area contributed by atoms with E-state index in [0.29, 0.717) is 30.5 Å². The average Bonchev–Trinajstić information content (AvgIpc) is 2.49. The van der Waals surface area contributed by atoms with Gasteiger partial charge in [0.2, 0.25) is 0 Å². The van der Waals surface area contributed by atoms with Crippen molar-refractivity contribution >= 4 is 5.78 Å². The van der Waals surface area contributed by atoms with Gasteiger partial charge in [0.25, 0.3) is 0 Å². The summed E-state index contributed by atoms with van der Waals surface area (Å²) in [5.74, 6) is 0.609. The van der Waals surface area contributed by atoms with Crippen molar-refractivity contribution in [3.05, 3.63) is 29.8 Å². The number of benzene rings is 1. The van der Waals surface area contributed by atoms with Crippen molar-refractivity contribution in [1.82, 2.24) is 4.90 Å². The van der Waals surface area contributed by atoms with Gasteiger partial charge in [-0.25, -0.2) is 0 Å². The van der Waals surface area contributed by atoms with E-state index in [9.17, 15) is 9.90 Å². The van der Waals surface area contributed by atoms with Crippen LogP contribution in [0.5, 0.6) is 5.75 Å². The molecule has 0 spiro atoms. The van der Waals surface area contributed by atoms with Crippen LogP contribution in [-0.2, 0) is 4.74 Å². The molecule has 0 aliphatic carbocycles. The number of aliphatic hydroxyl groups excluding tert-OH is 1. The Morgan fingerprint density at radius 2 is 2.27 bits per heavy atom. The maximum atomic E-state index is 11.3. The zero-order valence-corrected chi connectivity index (χ0v) is 13.5. The van der Waals surface area contributed by atoms with Crippen LogP contribution in [0.25, 0.3) is 0 Å². The Balaban J connectivity index is 1.83. The van der Waals surface area contributed by atoms with Crippen molar-refractivity contribution in [1.29, 1.82) is 0 Å². The van der Waals surface area contributed by atoms with Crippen LogP contribution in [0.15, 0.2) is 24.3 Å². The van der Waals surface area contributed by atoms with E-state index in [1.54, 1.807) is 24.3 Å². The molecule has 5 heteroatoms. The molecule has 122 valence electrons. The molecule has 0 radical (unpaired) electrons. The minimum atomic E-state index is -0.575. The van der Waals surface area contributed by atoms with E-state index in [0.717, 1.165) is 6.54 Å². The monoisotopic (exact) mass is 307 g/mol. The number of morpholine rings is 1. The lowest BCUT2D eigenvalue weighted by atomic mass is 10.1. The summed E-state index contributed by atoms with van der Waals surface area (Å²) < 4.78 is 11.2. The lowest BCUT2D eigenvalue weighted by Gasteiger charge is -2.37. The summed E-state index contributed by atoms with van der Waals surface area (Å²) in [4.78, 5) is 13.6. The molecule has 1 heterocycles. The van der Waals surface area contributed by atoms with Gasteiger partial charge in [-0.05, 0) is 32.9 Å². The highest BCUT2D eigenvalue weighted by Crippen LogP contribution is 2.15. The molecular formula is C17H25NO4. The topological polar surface area (TPSA) is 59.0 Å². The normalized spacial score (nSPS) is 24.0. The van der Waals surface area contributed by atoms with Crippen molar-refractivity contribution in [2.24, 2.45) is 0 Å². The first-order valence-electron chi connectivity index (χ1n) is 7.73. The second kappa shape index (κ2) is 7.72. The number of ketones is 1. The van der Waals surface area contributed by atoms with E-state index in [2.05, 4.69) is 11.8 Å². The third-order valence-corrected chi connectivity index (χ3v) is 3.87. The van der Waals surface area contributed by atoms with Crippen molar-refractivity contribution in [2.75, 3.05) is 26.3 Å². The second-order valence-corrected chi connectivity index (χ2v) is 6.00. The number of hydrogen-bond donors (Lipinski definition) is 1. The molecular weight excluding hydrogens is 282 g/mol. The molecule has 0 aromatic heterocycles. The molecule has 3 unspecified atom stereocenters. The van der Waals surface area contributed by atoms with Crippen molar-refractivity contribution in [2.45, 2.75) is 39.0 Å². The molecule has 3 atom stereocenters. The van der Waals surface area contributed by atoms with E-state index < -0.39 is 6.10 Å². The second-order valence-electron chi connectivity index (χ2n) is 6.00. The predicted octanol–water partition coefficient (Wildman–Crippen LogP) is 1.74. The van der Waals surface area contributed by atoms with Crippen LogP contribution in [0.1, 0.15) is 31.1 Å². The number of nitrogens with zero attached hydrogens (tertiary/aromatic N) is 1. The molecule has 1 aromatic carbocycles. The fourth-order valence-electron chi connectivity index (χ4n) is 2.55. The molecule has 1 aromatic rings. The van der Waals surface area contributed by atoms with Crippen molar-refractivity contribution < 1.29 is 19.4 Å². The number of aliphatic hydroxyl groups is 1. The van der Waals surface area contributed by atoms with Gasteiger partial charge in [-0.1, -0.05) is 12.1 Å². The van der Waals surface area contributed by atoms with Crippen molar-refractivity contribution in [3.8, 4) is 5.75 Å².